The molecule has 10 heteroatoms. The highest BCUT2D eigenvalue weighted by Crippen LogP contribution is 2.43. The van der Waals surface area contributed by atoms with E-state index in [-0.39, 0.29) is 38.6 Å². The van der Waals surface area contributed by atoms with Gasteiger partial charge in [-0.25, -0.2) is 4.57 Å². The van der Waals surface area contributed by atoms with E-state index >= 15 is 0 Å². The zero-order valence-corrected chi connectivity index (χ0v) is 46.8. The largest absolute Gasteiger partial charge is 0.472 e. The Labute approximate surface area is 437 Å². The minimum atomic E-state index is -4.39. The van der Waals surface area contributed by atoms with Crippen LogP contribution in [0.2, 0.25) is 0 Å². The van der Waals surface area contributed by atoms with Crippen LogP contribution in [0.3, 0.4) is 0 Å². The molecule has 0 aliphatic rings. The van der Waals surface area contributed by atoms with Crippen LogP contribution in [0.25, 0.3) is 0 Å². The van der Waals surface area contributed by atoms with Gasteiger partial charge in [0.25, 0.3) is 0 Å². The molecule has 0 aromatic carbocycles. The van der Waals surface area contributed by atoms with E-state index in [1.54, 1.807) is 0 Å². The second kappa shape index (κ2) is 56.7. The van der Waals surface area contributed by atoms with E-state index in [2.05, 4.69) is 86.8 Å². The summed E-state index contributed by atoms with van der Waals surface area (Å²) in [6.07, 6.45) is 72.5. The zero-order chi connectivity index (χ0) is 51.7. The molecule has 0 rings (SSSR count). The first kappa shape index (κ1) is 68.5. The molecule has 0 heterocycles. The molecule has 0 aromatic heterocycles. The Morgan fingerprint density at radius 1 is 0.437 bits per heavy atom. The maximum Gasteiger partial charge on any atom is 0.472 e. The van der Waals surface area contributed by atoms with Crippen LogP contribution in [0.15, 0.2) is 72.9 Å². The second-order valence-corrected chi connectivity index (χ2v) is 20.9. The molecule has 412 valence electrons. The summed E-state index contributed by atoms with van der Waals surface area (Å²) in [6, 6.07) is 0. The van der Waals surface area contributed by atoms with Crippen molar-refractivity contribution in [2.75, 3.05) is 26.4 Å². The lowest BCUT2D eigenvalue weighted by Gasteiger charge is -2.19. The maximum atomic E-state index is 12.7. The molecule has 0 aromatic rings. The average molecular weight is 1020 g/mol. The summed E-state index contributed by atoms with van der Waals surface area (Å²) in [5.41, 5.74) is 5.38. The fourth-order valence-electron chi connectivity index (χ4n) is 8.25. The van der Waals surface area contributed by atoms with Crippen LogP contribution in [0.4, 0.5) is 0 Å². The smallest absolute Gasteiger partial charge is 0.462 e. The standard InChI is InChI=1S/C61H110NO8P/c1-3-5-7-9-11-13-15-17-19-21-22-23-24-25-26-27-28-29-30-31-32-33-34-35-36-38-40-42-44-46-48-50-52-54-61(64)70-59(58-69-71(65,66)68-56-55-62)57-67-60(63)53-51-49-47-45-43-41-39-37-20-18-16-14-12-10-8-6-4-2/h6,8,12,14-15,17-18,20-22,24-25,59H,3-5,7,9-11,13,16,19,23,26-58,62H2,1-2H3,(H,65,66)/b8-6-,14-12-,17-15-,20-18-,22-21-,25-24-. The van der Waals surface area contributed by atoms with Gasteiger partial charge in [-0.15, -0.1) is 0 Å². The van der Waals surface area contributed by atoms with Crippen LogP contribution in [0.1, 0.15) is 271 Å². The summed E-state index contributed by atoms with van der Waals surface area (Å²) in [5.74, 6) is -0.834. The Balaban J connectivity index is 3.90. The number of carbonyl (C=O) groups is 2. The lowest BCUT2D eigenvalue weighted by atomic mass is 10.0. The number of allylic oxidation sites excluding steroid dienone is 12. The highest BCUT2D eigenvalue weighted by atomic mass is 31.2. The van der Waals surface area contributed by atoms with Crippen molar-refractivity contribution in [1.82, 2.24) is 0 Å². The van der Waals surface area contributed by atoms with Gasteiger partial charge in [-0.3, -0.25) is 18.6 Å². The molecule has 0 radical (unpaired) electrons. The third-order valence-corrected chi connectivity index (χ3v) is 13.6. The third kappa shape index (κ3) is 56.6. The van der Waals surface area contributed by atoms with Gasteiger partial charge in [0, 0.05) is 19.4 Å². The number of nitrogens with two attached hydrogens (primary N) is 1. The van der Waals surface area contributed by atoms with E-state index in [0.717, 1.165) is 83.5 Å². The molecular weight excluding hydrogens is 906 g/mol. The first-order valence-electron chi connectivity index (χ1n) is 29.4. The van der Waals surface area contributed by atoms with Gasteiger partial charge >= 0.3 is 19.8 Å². The van der Waals surface area contributed by atoms with Crippen molar-refractivity contribution in [3.8, 4) is 0 Å². The molecular formula is C61H110NO8P. The molecule has 0 fully saturated rings. The summed E-state index contributed by atoms with van der Waals surface area (Å²) in [6.45, 7) is 3.63. The number of ether oxygens (including phenoxy) is 2. The Morgan fingerprint density at radius 2 is 0.775 bits per heavy atom. The SMILES string of the molecule is CC/C=C\C/C=C\C/C=C\CCCCCCCCCC(=O)OCC(COP(=O)(O)OCCN)OC(=O)CCCCCCCCCCCCCCCCCCCC/C=C\C/C=C\C/C=C\CCCCCCC. The second-order valence-electron chi connectivity index (χ2n) is 19.5. The molecule has 71 heavy (non-hydrogen) atoms. The topological polar surface area (TPSA) is 134 Å². The van der Waals surface area contributed by atoms with Crippen molar-refractivity contribution in [1.29, 1.82) is 0 Å². The van der Waals surface area contributed by atoms with Crippen molar-refractivity contribution in [2.45, 2.75) is 277 Å². The number of phosphoric acid groups is 1. The molecule has 0 amide bonds. The Morgan fingerprint density at radius 3 is 1.15 bits per heavy atom. The lowest BCUT2D eigenvalue weighted by molar-refractivity contribution is -0.161. The van der Waals surface area contributed by atoms with E-state index in [0.29, 0.717) is 6.42 Å². The number of hydrogen-bond donors (Lipinski definition) is 2. The number of hydrogen-bond acceptors (Lipinski definition) is 8. The highest BCUT2D eigenvalue weighted by Gasteiger charge is 2.26. The molecule has 0 aliphatic heterocycles. The number of rotatable bonds is 55. The summed E-state index contributed by atoms with van der Waals surface area (Å²) in [5, 5.41) is 0. The minimum Gasteiger partial charge on any atom is -0.462 e. The normalized spacial score (nSPS) is 13.6. The van der Waals surface area contributed by atoms with Gasteiger partial charge in [-0.2, -0.15) is 0 Å². The molecule has 0 bridgehead atoms. The first-order chi connectivity index (χ1) is 34.8. The van der Waals surface area contributed by atoms with Gasteiger partial charge in [0.1, 0.15) is 6.61 Å². The predicted octanol–water partition coefficient (Wildman–Crippen LogP) is 18.5. The Bertz CT molecular complexity index is 1390. The van der Waals surface area contributed by atoms with E-state index in [4.69, 9.17) is 24.3 Å². The third-order valence-electron chi connectivity index (χ3n) is 12.6. The highest BCUT2D eigenvalue weighted by molar-refractivity contribution is 7.47. The molecule has 0 spiro atoms. The van der Waals surface area contributed by atoms with Crippen LogP contribution < -0.4 is 5.73 Å². The average Bonchev–Trinajstić information content (AvgIpc) is 3.36. The van der Waals surface area contributed by atoms with Gasteiger partial charge in [-0.05, 0) is 83.5 Å². The van der Waals surface area contributed by atoms with Gasteiger partial charge < -0.3 is 20.1 Å². The number of phosphoric ester groups is 1. The van der Waals surface area contributed by atoms with Gasteiger partial charge in [0.2, 0.25) is 0 Å². The van der Waals surface area contributed by atoms with Crippen molar-refractivity contribution >= 4 is 19.8 Å². The molecule has 3 N–H and O–H groups in total. The minimum absolute atomic E-state index is 0.0503. The van der Waals surface area contributed by atoms with Crippen molar-refractivity contribution < 1.29 is 37.6 Å². The lowest BCUT2D eigenvalue weighted by Crippen LogP contribution is -2.29. The summed E-state index contributed by atoms with van der Waals surface area (Å²) in [4.78, 5) is 35.1. The fraction of sp³-hybridized carbons (Fsp3) is 0.770. The van der Waals surface area contributed by atoms with Crippen LogP contribution in [-0.4, -0.2) is 49.3 Å². The Kier molecular flexibility index (Phi) is 54.7. The summed E-state index contributed by atoms with van der Waals surface area (Å²) < 4.78 is 33.0. The first-order valence-corrected chi connectivity index (χ1v) is 30.9. The van der Waals surface area contributed by atoms with E-state index in [9.17, 15) is 19.0 Å². The Hall–Kier alpha value is -2.55. The van der Waals surface area contributed by atoms with Crippen LogP contribution in [-0.2, 0) is 32.7 Å². The number of esters is 2. The molecule has 0 aliphatic carbocycles. The molecule has 2 unspecified atom stereocenters. The zero-order valence-electron chi connectivity index (χ0n) is 45.9. The van der Waals surface area contributed by atoms with E-state index in [1.165, 1.54) is 154 Å². The van der Waals surface area contributed by atoms with Crippen LogP contribution >= 0.6 is 7.82 Å². The van der Waals surface area contributed by atoms with E-state index < -0.39 is 26.5 Å². The van der Waals surface area contributed by atoms with Gasteiger partial charge in [0.15, 0.2) is 6.10 Å². The fourth-order valence-corrected chi connectivity index (χ4v) is 9.01. The molecule has 0 saturated carbocycles. The monoisotopic (exact) mass is 1020 g/mol. The van der Waals surface area contributed by atoms with Crippen molar-refractivity contribution in [3.05, 3.63) is 72.9 Å². The predicted molar refractivity (Wildman–Crippen MR) is 302 cm³/mol. The molecule has 2 atom stereocenters. The summed E-state index contributed by atoms with van der Waals surface area (Å²) in [7, 11) is -4.39. The number of unbranched alkanes of at least 4 members (excludes halogenated alkanes) is 30. The number of carbonyl (C=O) groups excluding carboxylic acids is 2. The molecule has 0 saturated heterocycles. The maximum absolute atomic E-state index is 12.7. The quantitative estimate of drug-likeness (QED) is 0.0264. The summed E-state index contributed by atoms with van der Waals surface area (Å²) >= 11 is 0. The van der Waals surface area contributed by atoms with Crippen molar-refractivity contribution in [2.24, 2.45) is 5.73 Å². The van der Waals surface area contributed by atoms with Crippen LogP contribution in [0, 0.1) is 0 Å². The molecule has 9 nitrogen and oxygen atoms in total. The van der Waals surface area contributed by atoms with E-state index in [1.807, 2.05) is 0 Å². The van der Waals surface area contributed by atoms with Crippen LogP contribution in [0.5, 0.6) is 0 Å². The van der Waals surface area contributed by atoms with Gasteiger partial charge in [-0.1, -0.05) is 247 Å². The van der Waals surface area contributed by atoms with Crippen molar-refractivity contribution in [3.63, 3.8) is 0 Å². The van der Waals surface area contributed by atoms with Gasteiger partial charge in [0.05, 0.1) is 13.2 Å².